The first-order valence-electron chi connectivity index (χ1n) is 10.1. The van der Waals surface area contributed by atoms with Crippen LogP contribution in [0.1, 0.15) is 50.4 Å². The van der Waals surface area contributed by atoms with Crippen molar-refractivity contribution >= 4 is 21.6 Å². The fourth-order valence-corrected chi connectivity index (χ4v) is 6.44. The average Bonchev–Trinajstić information content (AvgIpc) is 2.91. The van der Waals surface area contributed by atoms with Crippen molar-refractivity contribution in [2.45, 2.75) is 51.0 Å². The van der Waals surface area contributed by atoms with Crippen LogP contribution in [0.3, 0.4) is 0 Å². The van der Waals surface area contributed by atoms with E-state index in [0.29, 0.717) is 11.3 Å². The largest absolute Gasteiger partial charge is 0.335 e. The van der Waals surface area contributed by atoms with Gasteiger partial charge >= 0.3 is 0 Å². The summed E-state index contributed by atoms with van der Waals surface area (Å²) in [6.07, 6.45) is 3.24. The normalized spacial score (nSPS) is 25.6. The van der Waals surface area contributed by atoms with Crippen molar-refractivity contribution in [3.8, 4) is 0 Å². The van der Waals surface area contributed by atoms with E-state index in [4.69, 9.17) is 0 Å². The standard InChI is InChI=1S/C23H28N2O3S/c1-22(2)13-19-14-23(3,15-22)16-25(19)21(26)17-9-11-18(12-10-17)24-29(27,28)20-7-5-4-6-8-20/h4-12,19,24H,13-16H2,1-3H3. The number of amides is 1. The number of carbonyl (C=O) groups is 1. The second-order valence-electron chi connectivity index (χ2n) is 9.64. The summed E-state index contributed by atoms with van der Waals surface area (Å²) in [5.74, 6) is 0.0360. The van der Waals surface area contributed by atoms with E-state index in [1.807, 2.05) is 4.90 Å². The molecule has 6 heteroatoms. The van der Waals surface area contributed by atoms with Crippen molar-refractivity contribution in [1.29, 1.82) is 0 Å². The Morgan fingerprint density at radius 3 is 2.31 bits per heavy atom. The van der Waals surface area contributed by atoms with Crippen LogP contribution < -0.4 is 4.72 Å². The van der Waals surface area contributed by atoms with Gasteiger partial charge in [-0.3, -0.25) is 9.52 Å². The van der Waals surface area contributed by atoms with Crippen LogP contribution in [0.2, 0.25) is 0 Å². The van der Waals surface area contributed by atoms with Gasteiger partial charge in [0.15, 0.2) is 0 Å². The van der Waals surface area contributed by atoms with Gasteiger partial charge in [0, 0.05) is 23.8 Å². The number of likely N-dealkylation sites (tertiary alicyclic amines) is 1. The lowest BCUT2D eigenvalue weighted by atomic mass is 9.65. The van der Waals surface area contributed by atoms with Gasteiger partial charge in [0.25, 0.3) is 15.9 Å². The van der Waals surface area contributed by atoms with Gasteiger partial charge in [-0.2, -0.15) is 0 Å². The van der Waals surface area contributed by atoms with Crippen LogP contribution in [0.25, 0.3) is 0 Å². The highest BCUT2D eigenvalue weighted by Gasteiger charge is 2.50. The van der Waals surface area contributed by atoms with Gasteiger partial charge in [-0.05, 0) is 66.5 Å². The highest BCUT2D eigenvalue weighted by Crippen LogP contribution is 2.52. The van der Waals surface area contributed by atoms with E-state index in [1.54, 1.807) is 54.6 Å². The molecule has 2 unspecified atom stereocenters. The molecule has 1 saturated carbocycles. The molecule has 0 spiro atoms. The second kappa shape index (κ2) is 6.87. The number of rotatable bonds is 4. The molecular formula is C23H28N2O3S. The number of sulfonamides is 1. The molecule has 0 aromatic heterocycles. The van der Waals surface area contributed by atoms with Gasteiger partial charge in [0.05, 0.1) is 4.90 Å². The summed E-state index contributed by atoms with van der Waals surface area (Å²) >= 11 is 0. The predicted molar refractivity (Wildman–Crippen MR) is 114 cm³/mol. The Kier molecular flexibility index (Phi) is 4.73. The van der Waals surface area contributed by atoms with Crippen LogP contribution in [0, 0.1) is 10.8 Å². The van der Waals surface area contributed by atoms with E-state index in [1.165, 1.54) is 0 Å². The maximum atomic E-state index is 13.1. The van der Waals surface area contributed by atoms with Crippen LogP contribution in [0.4, 0.5) is 5.69 Å². The highest BCUT2D eigenvalue weighted by molar-refractivity contribution is 7.92. The van der Waals surface area contributed by atoms with Crippen molar-refractivity contribution in [3.05, 3.63) is 60.2 Å². The lowest BCUT2D eigenvalue weighted by Gasteiger charge is -2.39. The van der Waals surface area contributed by atoms with Crippen LogP contribution in [-0.4, -0.2) is 31.8 Å². The van der Waals surface area contributed by atoms with E-state index >= 15 is 0 Å². The summed E-state index contributed by atoms with van der Waals surface area (Å²) in [6, 6.07) is 15.3. The molecule has 2 fully saturated rings. The summed E-state index contributed by atoms with van der Waals surface area (Å²) < 4.78 is 27.5. The zero-order chi connectivity index (χ0) is 20.9. The van der Waals surface area contributed by atoms with Crippen molar-refractivity contribution in [2.24, 2.45) is 10.8 Å². The summed E-state index contributed by atoms with van der Waals surface area (Å²) in [5, 5.41) is 0. The minimum absolute atomic E-state index is 0.0360. The summed E-state index contributed by atoms with van der Waals surface area (Å²) in [6.45, 7) is 7.66. The number of carbonyl (C=O) groups excluding carboxylic acids is 1. The summed E-state index contributed by atoms with van der Waals surface area (Å²) in [4.78, 5) is 15.4. The number of fused-ring (bicyclic) bond motifs is 2. The molecule has 1 amide bonds. The molecular weight excluding hydrogens is 384 g/mol. The first-order chi connectivity index (χ1) is 13.6. The van der Waals surface area contributed by atoms with Gasteiger partial charge in [-0.25, -0.2) is 8.42 Å². The summed E-state index contributed by atoms with van der Waals surface area (Å²) in [5.41, 5.74) is 1.49. The van der Waals surface area contributed by atoms with E-state index < -0.39 is 10.0 Å². The zero-order valence-corrected chi connectivity index (χ0v) is 18.0. The van der Waals surface area contributed by atoms with Crippen molar-refractivity contribution in [2.75, 3.05) is 11.3 Å². The number of hydrogen-bond acceptors (Lipinski definition) is 3. The fourth-order valence-electron chi connectivity index (χ4n) is 5.36. The lowest BCUT2D eigenvalue weighted by Crippen LogP contribution is -2.37. The van der Waals surface area contributed by atoms with E-state index in [0.717, 1.165) is 25.8 Å². The minimum atomic E-state index is -3.64. The van der Waals surface area contributed by atoms with E-state index in [9.17, 15) is 13.2 Å². The van der Waals surface area contributed by atoms with Crippen molar-refractivity contribution in [3.63, 3.8) is 0 Å². The number of nitrogens with one attached hydrogen (secondary N) is 1. The van der Waals surface area contributed by atoms with Crippen molar-refractivity contribution in [1.82, 2.24) is 4.90 Å². The third kappa shape index (κ3) is 4.04. The molecule has 1 heterocycles. The maximum Gasteiger partial charge on any atom is 0.261 e. The molecule has 4 rings (SSSR count). The molecule has 2 atom stereocenters. The first kappa shape index (κ1) is 20.0. The third-order valence-corrected chi connectivity index (χ3v) is 7.51. The Balaban J connectivity index is 1.49. The molecule has 0 radical (unpaired) electrons. The number of anilines is 1. The molecule has 2 aliphatic rings. The van der Waals surface area contributed by atoms with Crippen molar-refractivity contribution < 1.29 is 13.2 Å². The Hall–Kier alpha value is -2.34. The smallest absolute Gasteiger partial charge is 0.261 e. The molecule has 2 bridgehead atoms. The zero-order valence-electron chi connectivity index (χ0n) is 17.2. The fraction of sp³-hybridized carbons (Fsp3) is 0.435. The third-order valence-electron chi connectivity index (χ3n) is 6.11. The lowest BCUT2D eigenvalue weighted by molar-refractivity contribution is 0.0708. The number of hydrogen-bond donors (Lipinski definition) is 1. The monoisotopic (exact) mass is 412 g/mol. The summed E-state index contributed by atoms with van der Waals surface area (Å²) in [7, 11) is -3.64. The number of nitrogens with zero attached hydrogens (tertiary/aromatic N) is 1. The van der Waals surface area contributed by atoms with E-state index in [2.05, 4.69) is 25.5 Å². The minimum Gasteiger partial charge on any atom is -0.335 e. The predicted octanol–water partition coefficient (Wildman–Crippen LogP) is 4.53. The van der Waals surface area contributed by atoms with Gasteiger partial charge < -0.3 is 4.90 Å². The van der Waals surface area contributed by atoms with E-state index in [-0.39, 0.29) is 27.7 Å². The topological polar surface area (TPSA) is 66.5 Å². The van der Waals surface area contributed by atoms with Gasteiger partial charge in [-0.1, -0.05) is 39.0 Å². The van der Waals surface area contributed by atoms with Crippen LogP contribution >= 0.6 is 0 Å². The van der Waals surface area contributed by atoms with Crippen LogP contribution in [0.5, 0.6) is 0 Å². The Bertz CT molecular complexity index is 1020. The quantitative estimate of drug-likeness (QED) is 0.802. The molecule has 5 nitrogen and oxygen atoms in total. The molecule has 2 aromatic carbocycles. The van der Waals surface area contributed by atoms with Crippen LogP contribution in [-0.2, 0) is 10.0 Å². The Morgan fingerprint density at radius 1 is 1.00 bits per heavy atom. The van der Waals surface area contributed by atoms with Gasteiger partial charge in [0.1, 0.15) is 0 Å². The molecule has 2 aromatic rings. The highest BCUT2D eigenvalue weighted by atomic mass is 32.2. The van der Waals surface area contributed by atoms with Gasteiger partial charge in [0.2, 0.25) is 0 Å². The molecule has 1 aliphatic carbocycles. The molecule has 1 aliphatic heterocycles. The SMILES string of the molecule is CC1(C)CC2CC(C)(CN2C(=O)c2ccc(NS(=O)(=O)c3ccccc3)cc2)C1. The molecule has 1 N–H and O–H groups in total. The maximum absolute atomic E-state index is 13.1. The molecule has 29 heavy (non-hydrogen) atoms. The Labute approximate surface area is 173 Å². The van der Waals surface area contributed by atoms with Crippen LogP contribution in [0.15, 0.2) is 59.5 Å². The van der Waals surface area contributed by atoms with Gasteiger partial charge in [-0.15, -0.1) is 0 Å². The molecule has 154 valence electrons. The first-order valence-corrected chi connectivity index (χ1v) is 11.5. The molecule has 1 saturated heterocycles. The average molecular weight is 413 g/mol. The Morgan fingerprint density at radius 2 is 1.66 bits per heavy atom. The second-order valence-corrected chi connectivity index (χ2v) is 11.3. The number of benzene rings is 2.